The van der Waals surface area contributed by atoms with Crippen molar-refractivity contribution in [2.75, 3.05) is 6.61 Å². The summed E-state index contributed by atoms with van der Waals surface area (Å²) < 4.78 is 32.6. The second kappa shape index (κ2) is 8.46. The molecule has 1 aliphatic heterocycles. The van der Waals surface area contributed by atoms with Crippen LogP contribution in [0.2, 0.25) is 0 Å². The standard InChI is InChI=1S/C13H18N4O10P2/c14-12-7-2-1-6(11-10(19)9(18)8(26-11)3-24-13(20)21)17(7)15-4-16(12)5-25-29(22,23)27-28/h1-2,4,8-11,14,18-19H,3,5,28H2,(H,20,21)(H,22,23)/t8-,9-,10-,11+/m1/s1. The maximum absolute atomic E-state index is 11.4. The van der Waals surface area contributed by atoms with Crippen LogP contribution in [-0.2, 0) is 29.6 Å². The van der Waals surface area contributed by atoms with Gasteiger partial charge in [0.1, 0.15) is 49.6 Å². The zero-order chi connectivity index (χ0) is 21.3. The maximum atomic E-state index is 11.4. The molecule has 160 valence electrons. The number of aliphatic hydroxyl groups excluding tert-OH is 2. The van der Waals surface area contributed by atoms with E-state index in [2.05, 4.69) is 14.1 Å². The third-order valence-corrected chi connectivity index (χ3v) is 5.75. The maximum Gasteiger partial charge on any atom is 0.505 e. The molecule has 3 heterocycles. The highest BCUT2D eigenvalue weighted by molar-refractivity contribution is 7.52. The van der Waals surface area contributed by atoms with E-state index in [9.17, 15) is 24.5 Å². The minimum absolute atomic E-state index is 0.131. The van der Waals surface area contributed by atoms with Crippen LogP contribution in [0.15, 0.2) is 18.5 Å². The molecule has 2 unspecified atom stereocenters. The fraction of sp³-hybridized carbons (Fsp3) is 0.462. The van der Waals surface area contributed by atoms with Crippen molar-refractivity contribution in [3.8, 4) is 0 Å². The number of fused-ring (bicyclic) bond motifs is 1. The first-order valence-electron chi connectivity index (χ1n) is 7.99. The second-order valence-electron chi connectivity index (χ2n) is 5.99. The third kappa shape index (κ3) is 4.49. The molecule has 16 heteroatoms. The lowest BCUT2D eigenvalue weighted by molar-refractivity contribution is -0.0365. The largest absolute Gasteiger partial charge is 0.505 e. The number of hydrogen-bond donors (Lipinski definition) is 5. The Bertz CT molecular complexity index is 1010. The van der Waals surface area contributed by atoms with Crippen molar-refractivity contribution in [2.24, 2.45) is 0 Å². The molecule has 14 nitrogen and oxygen atoms in total. The Morgan fingerprint density at radius 3 is 2.76 bits per heavy atom. The molecule has 1 saturated heterocycles. The van der Waals surface area contributed by atoms with E-state index in [1.165, 1.54) is 16.6 Å². The molecule has 0 saturated carbocycles. The Hall–Kier alpha value is -1.89. The lowest BCUT2D eigenvalue weighted by atomic mass is 10.1. The molecule has 0 radical (unpaired) electrons. The zero-order valence-electron chi connectivity index (χ0n) is 14.6. The van der Waals surface area contributed by atoms with E-state index >= 15 is 0 Å². The molecule has 0 amide bonds. The number of nitrogens with zero attached hydrogens (tertiary/aromatic N) is 3. The number of aromatic nitrogens is 3. The van der Waals surface area contributed by atoms with Crippen LogP contribution in [0, 0.1) is 5.41 Å². The molecule has 1 aliphatic rings. The molecule has 0 aromatic carbocycles. The number of carbonyl (C=O) groups is 1. The molecule has 0 spiro atoms. The highest BCUT2D eigenvalue weighted by Gasteiger charge is 2.45. The van der Waals surface area contributed by atoms with Gasteiger partial charge in [-0.15, -0.1) is 0 Å². The van der Waals surface area contributed by atoms with Crippen LogP contribution in [0.1, 0.15) is 11.8 Å². The Balaban J connectivity index is 1.84. The van der Waals surface area contributed by atoms with Crippen molar-refractivity contribution >= 4 is 29.0 Å². The molecule has 3 rings (SSSR count). The van der Waals surface area contributed by atoms with Crippen molar-refractivity contribution in [2.45, 2.75) is 31.1 Å². The number of nitrogens with one attached hydrogen (secondary N) is 1. The molecule has 2 aromatic rings. The molecular weight excluding hydrogens is 434 g/mol. The van der Waals surface area contributed by atoms with Crippen LogP contribution >= 0.6 is 17.3 Å². The normalized spacial score (nSPS) is 26.5. The first kappa shape index (κ1) is 21.8. The summed E-state index contributed by atoms with van der Waals surface area (Å²) in [6, 6.07) is 3.00. The van der Waals surface area contributed by atoms with Gasteiger partial charge in [0, 0.05) is 9.47 Å². The van der Waals surface area contributed by atoms with E-state index in [1.54, 1.807) is 9.47 Å². The molecule has 0 aliphatic carbocycles. The van der Waals surface area contributed by atoms with Crippen LogP contribution in [0.4, 0.5) is 4.79 Å². The summed E-state index contributed by atoms with van der Waals surface area (Å²) in [7, 11) is -2.67. The number of aliphatic hydroxyl groups is 2. The van der Waals surface area contributed by atoms with E-state index in [1.807, 2.05) is 0 Å². The lowest BCUT2D eigenvalue weighted by Gasteiger charge is -2.15. The fourth-order valence-corrected chi connectivity index (χ4v) is 3.35. The molecule has 2 aromatic heterocycles. The quantitative estimate of drug-likeness (QED) is 0.264. The molecule has 29 heavy (non-hydrogen) atoms. The average molecular weight is 452 g/mol. The van der Waals surface area contributed by atoms with Gasteiger partial charge in [0.05, 0.1) is 5.69 Å². The zero-order valence-corrected chi connectivity index (χ0v) is 16.6. The average Bonchev–Trinajstić information content (AvgIpc) is 3.22. The van der Waals surface area contributed by atoms with Gasteiger partial charge in [-0.05, 0) is 12.1 Å². The van der Waals surface area contributed by atoms with E-state index in [-0.39, 0.29) is 11.0 Å². The fourth-order valence-electron chi connectivity index (χ4n) is 2.83. The van der Waals surface area contributed by atoms with Gasteiger partial charge < -0.3 is 29.7 Å². The lowest BCUT2D eigenvalue weighted by Crippen LogP contribution is -2.34. The summed E-state index contributed by atoms with van der Waals surface area (Å²) >= 11 is 0. The van der Waals surface area contributed by atoms with Crippen LogP contribution in [0.3, 0.4) is 0 Å². The minimum atomic E-state index is -4.28. The van der Waals surface area contributed by atoms with Gasteiger partial charge in [0.15, 0.2) is 5.49 Å². The van der Waals surface area contributed by atoms with Crippen LogP contribution in [-0.4, -0.2) is 65.5 Å². The Morgan fingerprint density at radius 2 is 2.10 bits per heavy atom. The van der Waals surface area contributed by atoms with Gasteiger partial charge in [-0.25, -0.2) is 13.9 Å². The van der Waals surface area contributed by atoms with E-state index < -0.39 is 51.7 Å². The Labute approximate surface area is 164 Å². The van der Waals surface area contributed by atoms with Gasteiger partial charge in [0.25, 0.3) is 0 Å². The summed E-state index contributed by atoms with van der Waals surface area (Å²) in [5, 5.41) is 41.2. The van der Waals surface area contributed by atoms with Crippen molar-refractivity contribution in [3.63, 3.8) is 0 Å². The van der Waals surface area contributed by atoms with E-state index in [0.717, 1.165) is 10.9 Å². The molecule has 5 N–H and O–H groups in total. The molecule has 0 bridgehead atoms. The molecular formula is C13H18N4O10P2. The van der Waals surface area contributed by atoms with Gasteiger partial charge in [-0.2, -0.15) is 5.10 Å². The van der Waals surface area contributed by atoms with Crippen molar-refractivity contribution in [3.05, 3.63) is 29.6 Å². The number of phosphoric acid groups is 1. The van der Waals surface area contributed by atoms with E-state index in [4.69, 9.17) is 19.8 Å². The third-order valence-electron chi connectivity index (χ3n) is 4.24. The molecule has 6 atom stereocenters. The predicted molar refractivity (Wildman–Crippen MR) is 94.3 cm³/mol. The van der Waals surface area contributed by atoms with Crippen molar-refractivity contribution in [1.29, 1.82) is 5.41 Å². The minimum Gasteiger partial charge on any atom is -0.450 e. The number of rotatable bonds is 7. The summed E-state index contributed by atoms with van der Waals surface area (Å²) in [5.74, 6) is 0. The topological polar surface area (TPSA) is 198 Å². The Morgan fingerprint density at radius 1 is 1.38 bits per heavy atom. The van der Waals surface area contributed by atoms with Crippen molar-refractivity contribution < 1.29 is 47.9 Å². The second-order valence-corrected chi connectivity index (χ2v) is 8.03. The highest BCUT2D eigenvalue weighted by atomic mass is 31.2. The summed E-state index contributed by atoms with van der Waals surface area (Å²) in [6.07, 6.45) is -5.31. The van der Waals surface area contributed by atoms with Crippen molar-refractivity contribution in [1.82, 2.24) is 14.2 Å². The van der Waals surface area contributed by atoms with Gasteiger partial charge in [0.2, 0.25) is 0 Å². The predicted octanol–water partition coefficient (Wildman–Crippen LogP) is -0.647. The number of carboxylic acid groups (broad SMARTS) is 1. The highest BCUT2D eigenvalue weighted by Crippen LogP contribution is 2.45. The van der Waals surface area contributed by atoms with Crippen LogP contribution in [0.5, 0.6) is 0 Å². The summed E-state index contributed by atoms with van der Waals surface area (Å²) in [6.45, 7) is -0.957. The van der Waals surface area contributed by atoms with Crippen LogP contribution < -0.4 is 5.49 Å². The monoisotopic (exact) mass is 452 g/mol. The number of hydrogen-bond acceptors (Lipinski definition) is 10. The SMILES string of the molecule is N=c1c2ccc([C@@H]3O[C@H](COC(=O)O)[C@@H](O)[C@H]3O)n2ncn1COP(=O)(O)OP. The first-order valence-corrected chi connectivity index (χ1v) is 9.96. The number of ether oxygens (including phenoxy) is 2. The van der Waals surface area contributed by atoms with Gasteiger partial charge >= 0.3 is 14.0 Å². The smallest absolute Gasteiger partial charge is 0.450 e. The summed E-state index contributed by atoms with van der Waals surface area (Å²) in [5.41, 5.74) is 0.419. The Kier molecular flexibility index (Phi) is 6.36. The first-order chi connectivity index (χ1) is 13.6. The van der Waals surface area contributed by atoms with E-state index in [0.29, 0.717) is 5.69 Å². The van der Waals surface area contributed by atoms with Gasteiger partial charge in [-0.1, -0.05) is 0 Å². The molecule has 1 fully saturated rings. The number of phosphoric ester groups is 1. The van der Waals surface area contributed by atoms with Gasteiger partial charge in [-0.3, -0.25) is 18.8 Å². The summed E-state index contributed by atoms with van der Waals surface area (Å²) in [4.78, 5) is 19.8. The van der Waals surface area contributed by atoms with Crippen LogP contribution in [0.25, 0.3) is 5.52 Å².